The first-order chi connectivity index (χ1) is 17.6. The topological polar surface area (TPSA) is 51.2 Å². The van der Waals surface area contributed by atoms with E-state index in [0.29, 0.717) is 24.3 Å². The molecule has 3 aliphatic rings. The molecule has 2 aliphatic heterocycles. The number of carbonyl (C=O) groups is 1. The van der Waals surface area contributed by atoms with Crippen molar-refractivity contribution in [1.82, 2.24) is 9.80 Å². The predicted octanol–water partition coefficient (Wildman–Crippen LogP) is 6.07. The van der Waals surface area contributed by atoms with Gasteiger partial charge in [-0.1, -0.05) is 56.9 Å². The summed E-state index contributed by atoms with van der Waals surface area (Å²) >= 11 is 0. The number of amides is 1. The summed E-state index contributed by atoms with van der Waals surface area (Å²) in [7, 11) is 1.68. The van der Waals surface area contributed by atoms with Gasteiger partial charge >= 0.3 is 0 Å². The molecule has 0 saturated carbocycles. The normalized spacial score (nSPS) is 20.7. The lowest BCUT2D eigenvalue weighted by Gasteiger charge is -2.29. The molecule has 6 heteroatoms. The van der Waals surface area contributed by atoms with E-state index in [1.165, 1.54) is 24.0 Å². The third-order valence-electron chi connectivity index (χ3n) is 7.83. The van der Waals surface area contributed by atoms with Crippen LogP contribution in [0.2, 0.25) is 0 Å². The Morgan fingerprint density at radius 3 is 2.72 bits per heavy atom. The van der Waals surface area contributed by atoms with Crippen LogP contribution in [0.15, 0.2) is 35.9 Å². The van der Waals surface area contributed by atoms with Crippen molar-refractivity contribution in [1.29, 1.82) is 0 Å². The maximum atomic E-state index is 13.5. The first-order valence-electron chi connectivity index (χ1n) is 14.0. The number of carbonyl (C=O) groups excluding carboxylic acids is 1. The highest BCUT2D eigenvalue weighted by atomic mass is 16.7. The Morgan fingerprint density at radius 2 is 1.97 bits per heavy atom. The Bertz CT molecular complexity index is 941. The van der Waals surface area contributed by atoms with Gasteiger partial charge in [0.2, 0.25) is 18.4 Å². The minimum Gasteiger partial charge on any atom is -0.493 e. The molecule has 0 aromatic heterocycles. The second-order valence-corrected chi connectivity index (χ2v) is 10.4. The second kappa shape index (κ2) is 13.2. The van der Waals surface area contributed by atoms with Crippen LogP contribution >= 0.6 is 0 Å². The highest BCUT2D eigenvalue weighted by Gasteiger charge is 2.36. The maximum Gasteiger partial charge on any atom is 0.236 e. The summed E-state index contributed by atoms with van der Waals surface area (Å²) in [5, 5.41) is 0. The summed E-state index contributed by atoms with van der Waals surface area (Å²) in [6.45, 7) is 7.79. The van der Waals surface area contributed by atoms with Crippen molar-refractivity contribution in [3.05, 3.63) is 41.5 Å². The standard InChI is InChI=1S/C30H44N2O4/c1-4-6-10-16-31(15-7-5-2)29(33)21-32-20-25(17-26(32)14-13-23-11-8-9-12-23)24-18-27(34-3)30-28(19-24)35-22-36-30/h8-9,11,18-19,25-26H,4-7,10,12-17,20-22H2,1-3H3. The van der Waals surface area contributed by atoms with Crippen molar-refractivity contribution in [2.45, 2.75) is 83.6 Å². The molecule has 1 aromatic rings. The van der Waals surface area contributed by atoms with Crippen molar-refractivity contribution >= 4 is 5.91 Å². The number of methoxy groups -OCH3 is 1. The van der Waals surface area contributed by atoms with E-state index in [1.54, 1.807) is 7.11 Å². The van der Waals surface area contributed by atoms with E-state index < -0.39 is 0 Å². The monoisotopic (exact) mass is 496 g/mol. The van der Waals surface area contributed by atoms with Crippen LogP contribution in [0.3, 0.4) is 0 Å². The number of hydrogen-bond donors (Lipinski definition) is 0. The fourth-order valence-electron chi connectivity index (χ4n) is 5.67. The molecule has 198 valence electrons. The van der Waals surface area contributed by atoms with Gasteiger partial charge < -0.3 is 19.1 Å². The highest BCUT2D eigenvalue weighted by Crippen LogP contribution is 2.45. The predicted molar refractivity (Wildman–Crippen MR) is 144 cm³/mol. The zero-order chi connectivity index (χ0) is 25.3. The van der Waals surface area contributed by atoms with E-state index in [0.717, 1.165) is 76.1 Å². The molecular weight excluding hydrogens is 452 g/mol. The molecule has 1 saturated heterocycles. The van der Waals surface area contributed by atoms with E-state index in [1.807, 2.05) is 0 Å². The lowest BCUT2D eigenvalue weighted by molar-refractivity contribution is -0.132. The molecule has 2 heterocycles. The van der Waals surface area contributed by atoms with Crippen LogP contribution in [0.1, 0.15) is 83.1 Å². The number of fused-ring (bicyclic) bond motifs is 1. The van der Waals surface area contributed by atoms with Gasteiger partial charge in [0.1, 0.15) is 0 Å². The summed E-state index contributed by atoms with van der Waals surface area (Å²) < 4.78 is 16.9. The fraction of sp³-hybridized carbons (Fsp3) is 0.633. The summed E-state index contributed by atoms with van der Waals surface area (Å²) in [4.78, 5) is 18.1. The largest absolute Gasteiger partial charge is 0.493 e. The fourth-order valence-corrected chi connectivity index (χ4v) is 5.67. The number of hydrogen-bond acceptors (Lipinski definition) is 5. The molecule has 0 spiro atoms. The Morgan fingerprint density at radius 1 is 1.14 bits per heavy atom. The molecule has 1 aliphatic carbocycles. The molecule has 4 rings (SSSR count). The maximum absolute atomic E-state index is 13.5. The Kier molecular flexibility index (Phi) is 9.74. The Balaban J connectivity index is 1.47. The zero-order valence-electron chi connectivity index (χ0n) is 22.5. The van der Waals surface area contributed by atoms with Gasteiger partial charge in [-0.2, -0.15) is 0 Å². The van der Waals surface area contributed by atoms with E-state index in [9.17, 15) is 4.79 Å². The average molecular weight is 497 g/mol. The molecule has 2 unspecified atom stereocenters. The summed E-state index contributed by atoms with van der Waals surface area (Å²) in [5.41, 5.74) is 2.71. The third-order valence-corrected chi connectivity index (χ3v) is 7.83. The van der Waals surface area contributed by atoms with Crippen molar-refractivity contribution in [3.63, 3.8) is 0 Å². The van der Waals surface area contributed by atoms with E-state index in [4.69, 9.17) is 14.2 Å². The molecule has 0 radical (unpaired) electrons. The highest BCUT2D eigenvalue weighted by molar-refractivity contribution is 5.78. The van der Waals surface area contributed by atoms with E-state index in [2.05, 4.69) is 54.0 Å². The average Bonchev–Trinajstić information content (AvgIpc) is 3.65. The van der Waals surface area contributed by atoms with Gasteiger partial charge in [0.15, 0.2) is 11.5 Å². The van der Waals surface area contributed by atoms with Crippen LogP contribution in [0.4, 0.5) is 0 Å². The number of nitrogens with zero attached hydrogens (tertiary/aromatic N) is 2. The van der Waals surface area contributed by atoms with Gasteiger partial charge in [-0.25, -0.2) is 0 Å². The van der Waals surface area contributed by atoms with Crippen LogP contribution in [-0.4, -0.2) is 61.8 Å². The van der Waals surface area contributed by atoms with Gasteiger partial charge in [0.25, 0.3) is 0 Å². The summed E-state index contributed by atoms with van der Waals surface area (Å²) in [6.07, 6.45) is 16.6. The van der Waals surface area contributed by atoms with Crippen molar-refractivity contribution < 1.29 is 19.0 Å². The molecule has 1 amide bonds. The molecule has 0 N–H and O–H groups in total. The number of likely N-dealkylation sites (tertiary alicyclic amines) is 1. The Labute approximate surface area is 217 Å². The molecule has 6 nitrogen and oxygen atoms in total. The Hall–Kier alpha value is -2.47. The lowest BCUT2D eigenvalue weighted by atomic mass is 9.93. The zero-order valence-corrected chi connectivity index (χ0v) is 22.5. The molecule has 0 bridgehead atoms. The van der Waals surface area contributed by atoms with Gasteiger partial charge in [-0.05, 0) is 62.1 Å². The number of allylic oxidation sites excluding steroid dienone is 4. The van der Waals surface area contributed by atoms with Crippen molar-refractivity contribution in [2.24, 2.45) is 0 Å². The summed E-state index contributed by atoms with van der Waals surface area (Å²) in [6, 6.07) is 4.60. The van der Waals surface area contributed by atoms with Crippen molar-refractivity contribution in [3.8, 4) is 17.2 Å². The first kappa shape index (κ1) is 26.6. The lowest BCUT2D eigenvalue weighted by Crippen LogP contribution is -2.43. The number of rotatable bonds is 14. The third kappa shape index (κ3) is 6.64. The number of unbranched alkanes of at least 4 members (excludes halogenated alkanes) is 3. The van der Waals surface area contributed by atoms with Gasteiger partial charge in [-0.15, -0.1) is 0 Å². The smallest absolute Gasteiger partial charge is 0.236 e. The molecular formula is C30H44N2O4. The molecule has 1 fully saturated rings. The quantitative estimate of drug-likeness (QED) is 0.293. The van der Waals surface area contributed by atoms with E-state index >= 15 is 0 Å². The first-order valence-corrected chi connectivity index (χ1v) is 14.0. The minimum absolute atomic E-state index is 0.234. The van der Waals surface area contributed by atoms with Crippen molar-refractivity contribution in [2.75, 3.05) is 40.1 Å². The van der Waals surface area contributed by atoms with Crippen LogP contribution in [-0.2, 0) is 4.79 Å². The van der Waals surface area contributed by atoms with Gasteiger partial charge in [0.05, 0.1) is 13.7 Å². The minimum atomic E-state index is 0.234. The molecule has 2 atom stereocenters. The van der Waals surface area contributed by atoms with Gasteiger partial charge in [0, 0.05) is 25.7 Å². The molecule has 36 heavy (non-hydrogen) atoms. The van der Waals surface area contributed by atoms with Crippen LogP contribution < -0.4 is 14.2 Å². The van der Waals surface area contributed by atoms with Crippen LogP contribution in [0.5, 0.6) is 17.2 Å². The number of benzene rings is 1. The van der Waals surface area contributed by atoms with Gasteiger partial charge in [-0.3, -0.25) is 9.69 Å². The second-order valence-electron chi connectivity index (χ2n) is 10.4. The van der Waals surface area contributed by atoms with Crippen LogP contribution in [0, 0.1) is 0 Å². The van der Waals surface area contributed by atoms with E-state index in [-0.39, 0.29) is 12.7 Å². The molecule has 1 aromatic carbocycles. The summed E-state index contributed by atoms with van der Waals surface area (Å²) in [5.74, 6) is 2.82. The SMILES string of the molecule is CCCCCN(CCCC)C(=O)CN1CC(c2cc(OC)c3c(c2)OCO3)CC1CCC1=CC=CC1. The number of ether oxygens (including phenoxy) is 3. The van der Waals surface area contributed by atoms with Crippen LogP contribution in [0.25, 0.3) is 0 Å².